The van der Waals surface area contributed by atoms with Crippen LogP contribution in [0.4, 0.5) is 0 Å². The molecule has 0 saturated heterocycles. The van der Waals surface area contributed by atoms with E-state index in [1.807, 2.05) is 6.07 Å². The molecule has 2 aliphatic rings. The van der Waals surface area contributed by atoms with E-state index in [1.54, 1.807) is 6.26 Å². The van der Waals surface area contributed by atoms with Gasteiger partial charge >= 0.3 is 5.97 Å². The van der Waals surface area contributed by atoms with Crippen LogP contribution in [0.5, 0.6) is 0 Å². The highest BCUT2D eigenvalue weighted by Gasteiger charge is 2.57. The fraction of sp³-hybridized carbons (Fsp3) is 0.682. The predicted molar refractivity (Wildman–Crippen MR) is 102 cm³/mol. The number of nitrogens with two attached hydrogens (primary N) is 1. The number of aryl methyl sites for hydroxylation is 1. The predicted octanol–water partition coefficient (Wildman–Crippen LogP) is 4.62. The number of allylic oxidation sites excluding steroid dienone is 1. The molecular formula is C22H33NO3. The van der Waals surface area contributed by atoms with Crippen molar-refractivity contribution < 1.29 is 13.9 Å². The molecule has 0 aliphatic heterocycles. The topological polar surface area (TPSA) is 65.5 Å². The van der Waals surface area contributed by atoms with E-state index in [4.69, 9.17) is 14.9 Å². The van der Waals surface area contributed by atoms with Crippen LogP contribution in [0.15, 0.2) is 28.9 Å². The van der Waals surface area contributed by atoms with Gasteiger partial charge in [0.1, 0.15) is 5.76 Å². The van der Waals surface area contributed by atoms with Crippen molar-refractivity contribution in [3.8, 4) is 0 Å². The maximum atomic E-state index is 12.6. The zero-order valence-electron chi connectivity index (χ0n) is 16.5. The van der Waals surface area contributed by atoms with Crippen molar-refractivity contribution in [1.82, 2.24) is 0 Å². The Morgan fingerprint density at radius 2 is 2.19 bits per heavy atom. The Balaban J connectivity index is 1.85. The number of furan rings is 1. The molecule has 26 heavy (non-hydrogen) atoms. The van der Waals surface area contributed by atoms with E-state index in [-0.39, 0.29) is 16.8 Å². The molecule has 4 heteroatoms. The lowest BCUT2D eigenvalue weighted by Crippen LogP contribution is -2.53. The van der Waals surface area contributed by atoms with E-state index in [0.29, 0.717) is 18.4 Å². The van der Waals surface area contributed by atoms with Crippen LogP contribution in [0.2, 0.25) is 0 Å². The first kappa shape index (κ1) is 19.2. The number of hydrogen-bond acceptors (Lipinski definition) is 4. The second kappa shape index (κ2) is 7.22. The lowest BCUT2D eigenvalue weighted by molar-refractivity contribution is -0.168. The van der Waals surface area contributed by atoms with E-state index in [2.05, 4.69) is 20.4 Å². The van der Waals surface area contributed by atoms with Gasteiger partial charge in [-0.15, -0.1) is 0 Å². The Hall–Kier alpha value is -1.55. The van der Waals surface area contributed by atoms with Gasteiger partial charge < -0.3 is 14.9 Å². The zero-order chi connectivity index (χ0) is 18.9. The molecule has 2 N–H and O–H groups in total. The molecule has 144 valence electrons. The lowest BCUT2D eigenvalue weighted by Gasteiger charge is -2.57. The first-order chi connectivity index (χ1) is 12.4. The molecule has 0 radical (unpaired) electrons. The molecule has 3 rings (SSSR count). The van der Waals surface area contributed by atoms with Crippen LogP contribution >= 0.6 is 0 Å². The fourth-order valence-corrected chi connectivity index (χ4v) is 6.03. The van der Waals surface area contributed by atoms with Gasteiger partial charge in [0.15, 0.2) is 0 Å². The summed E-state index contributed by atoms with van der Waals surface area (Å²) in [6.07, 6.45) is 8.92. The summed E-state index contributed by atoms with van der Waals surface area (Å²) in [7, 11) is 1.52. The van der Waals surface area contributed by atoms with Gasteiger partial charge in [-0.25, -0.2) is 0 Å². The molecule has 0 bridgehead atoms. The van der Waals surface area contributed by atoms with Gasteiger partial charge in [0.05, 0.1) is 25.3 Å². The molecule has 0 aromatic carbocycles. The minimum absolute atomic E-state index is 0.0417. The number of carbonyl (C=O) groups excluding carboxylic acids is 1. The molecule has 1 aromatic rings. The quantitative estimate of drug-likeness (QED) is 0.615. The third kappa shape index (κ3) is 3.02. The molecule has 4 nitrogen and oxygen atoms in total. The van der Waals surface area contributed by atoms with Crippen LogP contribution in [-0.2, 0) is 22.5 Å². The van der Waals surface area contributed by atoms with E-state index < -0.39 is 0 Å². The molecule has 4 atom stereocenters. The second-order valence-electron chi connectivity index (χ2n) is 8.68. The number of ether oxygens (including phenoxy) is 1. The number of esters is 1. The Kier molecular flexibility index (Phi) is 5.34. The molecular weight excluding hydrogens is 326 g/mol. The highest BCUT2D eigenvalue weighted by atomic mass is 16.5. The van der Waals surface area contributed by atoms with E-state index in [9.17, 15) is 4.79 Å². The van der Waals surface area contributed by atoms with Gasteiger partial charge in [0, 0.05) is 0 Å². The van der Waals surface area contributed by atoms with Crippen molar-refractivity contribution >= 4 is 5.97 Å². The van der Waals surface area contributed by atoms with E-state index in [0.717, 1.165) is 50.7 Å². The van der Waals surface area contributed by atoms with Crippen LogP contribution in [0.3, 0.4) is 0 Å². The van der Waals surface area contributed by atoms with Gasteiger partial charge in [-0.1, -0.05) is 25.5 Å². The first-order valence-corrected chi connectivity index (χ1v) is 9.88. The summed E-state index contributed by atoms with van der Waals surface area (Å²) >= 11 is 0. The van der Waals surface area contributed by atoms with E-state index >= 15 is 0 Å². The summed E-state index contributed by atoms with van der Waals surface area (Å²) in [6.45, 7) is 9.36. The maximum Gasteiger partial charge on any atom is 0.311 e. The molecule has 1 aromatic heterocycles. The van der Waals surface area contributed by atoms with Crippen LogP contribution in [0, 0.1) is 22.7 Å². The minimum Gasteiger partial charge on any atom is -0.469 e. The van der Waals surface area contributed by atoms with Crippen molar-refractivity contribution in [1.29, 1.82) is 0 Å². The molecule has 0 amide bonds. The Morgan fingerprint density at radius 3 is 2.88 bits per heavy atom. The third-order valence-corrected chi connectivity index (χ3v) is 7.40. The highest BCUT2D eigenvalue weighted by molar-refractivity contribution is 5.77. The van der Waals surface area contributed by atoms with Gasteiger partial charge in [-0.2, -0.15) is 0 Å². The van der Waals surface area contributed by atoms with Crippen molar-refractivity contribution in [2.45, 2.75) is 65.3 Å². The van der Waals surface area contributed by atoms with Gasteiger partial charge in [-0.3, -0.25) is 4.79 Å². The Morgan fingerprint density at radius 1 is 1.42 bits per heavy atom. The minimum atomic E-state index is -0.376. The summed E-state index contributed by atoms with van der Waals surface area (Å²) in [5.41, 5.74) is 8.06. The SMILES string of the molecule is C=C1CC[C@H]2[C@](C)(CCC[C@]2(C)C(=O)OC)[C@H]1CCc1ccoc1CN. The average Bonchev–Trinajstić information content (AvgIpc) is 3.07. The number of rotatable bonds is 5. The van der Waals surface area contributed by atoms with Crippen LogP contribution in [-0.4, -0.2) is 13.1 Å². The number of carbonyl (C=O) groups is 1. The summed E-state index contributed by atoms with van der Waals surface area (Å²) in [5.74, 6) is 1.62. The Bertz CT molecular complexity index is 679. The standard InChI is InChI=1S/C22H33NO3/c1-15-6-9-19-21(2,11-5-12-22(19,3)20(24)25-4)17(15)8-7-16-10-13-26-18(16)14-23/h10,13,17,19H,1,5-9,11-12,14,23H2,2-4H3/t17-,19-,21+,22-/m0/s1. The number of hydrogen-bond donors (Lipinski definition) is 1. The van der Waals surface area contributed by atoms with Crippen molar-refractivity contribution in [2.75, 3.05) is 7.11 Å². The summed E-state index contributed by atoms with van der Waals surface area (Å²) in [6, 6.07) is 2.03. The molecule has 1 heterocycles. The summed E-state index contributed by atoms with van der Waals surface area (Å²) in [5, 5.41) is 0. The smallest absolute Gasteiger partial charge is 0.311 e. The number of fused-ring (bicyclic) bond motifs is 1. The van der Waals surface area contributed by atoms with Crippen LogP contribution in [0.25, 0.3) is 0 Å². The zero-order valence-corrected chi connectivity index (χ0v) is 16.5. The van der Waals surface area contributed by atoms with Gasteiger partial charge in [-0.05, 0) is 74.3 Å². The van der Waals surface area contributed by atoms with Crippen LogP contribution < -0.4 is 5.73 Å². The van der Waals surface area contributed by atoms with E-state index in [1.165, 1.54) is 18.2 Å². The molecule has 2 aliphatic carbocycles. The highest BCUT2D eigenvalue weighted by Crippen LogP contribution is 2.62. The Labute approximate surface area is 157 Å². The van der Waals surface area contributed by atoms with Crippen molar-refractivity contribution in [2.24, 2.45) is 28.4 Å². The summed E-state index contributed by atoms with van der Waals surface area (Å²) in [4.78, 5) is 12.6. The lowest BCUT2D eigenvalue weighted by atomic mass is 9.46. The largest absolute Gasteiger partial charge is 0.469 e. The van der Waals surface area contributed by atoms with Crippen LogP contribution in [0.1, 0.15) is 63.7 Å². The van der Waals surface area contributed by atoms with Crippen molar-refractivity contribution in [3.63, 3.8) is 0 Å². The van der Waals surface area contributed by atoms with Crippen molar-refractivity contribution in [3.05, 3.63) is 35.8 Å². The first-order valence-electron chi connectivity index (χ1n) is 9.88. The average molecular weight is 360 g/mol. The second-order valence-corrected chi connectivity index (χ2v) is 8.68. The third-order valence-electron chi connectivity index (χ3n) is 7.40. The number of methoxy groups -OCH3 is 1. The fourth-order valence-electron chi connectivity index (χ4n) is 6.03. The molecule has 2 fully saturated rings. The summed E-state index contributed by atoms with van der Waals surface area (Å²) < 4.78 is 10.7. The molecule has 2 saturated carbocycles. The maximum absolute atomic E-state index is 12.6. The van der Waals surface area contributed by atoms with Gasteiger partial charge in [0.2, 0.25) is 0 Å². The molecule has 0 spiro atoms. The molecule has 0 unspecified atom stereocenters. The monoisotopic (exact) mass is 359 g/mol. The normalized spacial score (nSPS) is 34.4. The van der Waals surface area contributed by atoms with Gasteiger partial charge in [0.25, 0.3) is 0 Å².